The molecule has 218 valence electrons. The molecular formula is C32H28F4N2O3S. The molecule has 2 aliphatic carbocycles. The first-order chi connectivity index (χ1) is 20.2. The van der Waals surface area contributed by atoms with Crippen LogP contribution < -0.4 is 10.1 Å². The van der Waals surface area contributed by atoms with E-state index in [1.165, 1.54) is 23.5 Å². The standard InChI is InChI=1S/C32H28F4N2O3S/c33-31(34)32(35,36)41-23-14-8-9-20(17-23)18-26(28(39)27-19-42-30(38-27)22-12-2-1-3-13-22)37-29(40)25-16-7-5-11-21-10-4-6-15-24(21)25/h1-3,5-9,11-17,19,25-26,28,31,39H,4,10,18H2,(H,37,40). The number of alkyl halides is 4. The molecule has 1 heterocycles. The lowest BCUT2D eigenvalue weighted by Gasteiger charge is -2.27. The fraction of sp³-hybridized carbons (Fsp3) is 0.250. The molecule has 3 atom stereocenters. The van der Waals surface area contributed by atoms with E-state index in [4.69, 9.17) is 0 Å². The van der Waals surface area contributed by atoms with Crippen LogP contribution in [-0.2, 0) is 11.2 Å². The first kappa shape index (κ1) is 29.5. The van der Waals surface area contributed by atoms with Crippen LogP contribution in [0.25, 0.3) is 10.6 Å². The van der Waals surface area contributed by atoms with Gasteiger partial charge in [-0.05, 0) is 48.1 Å². The van der Waals surface area contributed by atoms with E-state index in [1.54, 1.807) is 23.6 Å². The number of allylic oxidation sites excluding steroid dienone is 6. The molecule has 42 heavy (non-hydrogen) atoms. The third-order valence-electron chi connectivity index (χ3n) is 6.99. The summed E-state index contributed by atoms with van der Waals surface area (Å²) in [5.74, 6) is -1.43. The zero-order chi connectivity index (χ0) is 29.7. The Balaban J connectivity index is 1.43. The summed E-state index contributed by atoms with van der Waals surface area (Å²) in [7, 11) is 0. The summed E-state index contributed by atoms with van der Waals surface area (Å²) in [5.41, 5.74) is 3.50. The maximum absolute atomic E-state index is 13.7. The van der Waals surface area contributed by atoms with Crippen LogP contribution in [0.4, 0.5) is 17.6 Å². The first-order valence-electron chi connectivity index (χ1n) is 13.4. The molecule has 0 aliphatic heterocycles. The Bertz CT molecular complexity index is 1530. The summed E-state index contributed by atoms with van der Waals surface area (Å²) in [6.45, 7) is 0. The number of aromatic nitrogens is 1. The molecule has 2 aromatic carbocycles. The number of nitrogens with one attached hydrogen (secondary N) is 1. The monoisotopic (exact) mass is 596 g/mol. The highest BCUT2D eigenvalue weighted by molar-refractivity contribution is 7.13. The lowest BCUT2D eigenvalue weighted by Crippen LogP contribution is -2.44. The van der Waals surface area contributed by atoms with Gasteiger partial charge in [0.2, 0.25) is 5.91 Å². The Morgan fingerprint density at radius 3 is 2.71 bits per heavy atom. The highest BCUT2D eigenvalue weighted by Gasteiger charge is 2.44. The fourth-order valence-electron chi connectivity index (χ4n) is 4.91. The molecule has 5 rings (SSSR count). The Hall–Kier alpha value is -4.02. The predicted octanol–water partition coefficient (Wildman–Crippen LogP) is 7.20. The van der Waals surface area contributed by atoms with E-state index in [-0.39, 0.29) is 12.3 Å². The van der Waals surface area contributed by atoms with E-state index < -0.39 is 36.3 Å². The lowest BCUT2D eigenvalue weighted by molar-refractivity contribution is -0.253. The normalized spacial score (nSPS) is 18.0. The molecule has 0 fully saturated rings. The van der Waals surface area contributed by atoms with E-state index in [0.717, 1.165) is 35.6 Å². The number of aliphatic hydroxyl groups excluding tert-OH is 1. The molecular weight excluding hydrogens is 568 g/mol. The third kappa shape index (κ3) is 6.88. The molecule has 2 aliphatic rings. The topological polar surface area (TPSA) is 71.5 Å². The zero-order valence-corrected chi connectivity index (χ0v) is 23.1. The van der Waals surface area contributed by atoms with Crippen molar-refractivity contribution in [3.8, 4) is 16.3 Å². The minimum atomic E-state index is -4.67. The largest absolute Gasteiger partial charge is 0.461 e. The molecule has 0 spiro atoms. The van der Waals surface area contributed by atoms with Gasteiger partial charge < -0.3 is 15.2 Å². The summed E-state index contributed by atoms with van der Waals surface area (Å²) in [6.07, 6.45) is 3.12. The number of carbonyl (C=O) groups is 1. The van der Waals surface area contributed by atoms with Crippen LogP contribution in [0.3, 0.4) is 0 Å². The number of ether oxygens (including phenoxy) is 1. The SMILES string of the molecule is O=C(NC(Cc1cccc(OC(F)(F)C(F)F)c1)C(O)c1csc(-c2ccccc2)n1)C1C=CC=CC2=C1C=CCC2. The van der Waals surface area contributed by atoms with Crippen LogP contribution in [0.5, 0.6) is 5.75 Å². The predicted molar refractivity (Wildman–Crippen MR) is 153 cm³/mol. The number of thiazole rings is 1. The molecule has 3 aromatic rings. The summed E-state index contributed by atoms with van der Waals surface area (Å²) in [5, 5.41) is 16.8. The van der Waals surface area contributed by atoms with Gasteiger partial charge in [-0.1, -0.05) is 78.9 Å². The maximum Gasteiger partial charge on any atom is 0.461 e. The van der Waals surface area contributed by atoms with E-state index in [1.807, 2.05) is 54.6 Å². The van der Waals surface area contributed by atoms with Crippen molar-refractivity contribution in [2.75, 3.05) is 0 Å². The molecule has 5 nitrogen and oxygen atoms in total. The Labute approximate surface area is 244 Å². The second-order valence-corrected chi connectivity index (χ2v) is 10.8. The minimum Gasteiger partial charge on any atom is -0.428 e. The van der Waals surface area contributed by atoms with E-state index in [0.29, 0.717) is 16.3 Å². The molecule has 1 amide bonds. The number of amides is 1. The number of nitrogens with zero attached hydrogens (tertiary/aromatic N) is 1. The van der Waals surface area contributed by atoms with E-state index in [2.05, 4.69) is 15.0 Å². The number of benzene rings is 2. The number of rotatable bonds is 10. The molecule has 0 radical (unpaired) electrons. The van der Waals surface area contributed by atoms with Crippen LogP contribution in [0.1, 0.15) is 30.2 Å². The van der Waals surface area contributed by atoms with Gasteiger partial charge in [0.1, 0.15) is 16.9 Å². The average Bonchev–Trinajstić information content (AvgIpc) is 3.37. The Kier molecular flexibility index (Phi) is 9.03. The second kappa shape index (κ2) is 12.9. The van der Waals surface area contributed by atoms with Gasteiger partial charge in [-0.15, -0.1) is 11.3 Å². The number of aliphatic hydroxyl groups is 1. The van der Waals surface area contributed by atoms with Crippen LogP contribution in [0.15, 0.2) is 108 Å². The molecule has 0 bridgehead atoms. The quantitative estimate of drug-likeness (QED) is 0.243. The maximum atomic E-state index is 13.7. The second-order valence-electron chi connectivity index (χ2n) is 9.96. The van der Waals surface area contributed by atoms with Gasteiger partial charge in [0.05, 0.1) is 17.7 Å². The van der Waals surface area contributed by atoms with Crippen LogP contribution >= 0.6 is 11.3 Å². The van der Waals surface area contributed by atoms with Crippen molar-refractivity contribution >= 4 is 17.2 Å². The number of hydrogen-bond acceptors (Lipinski definition) is 5. The third-order valence-corrected chi connectivity index (χ3v) is 7.90. The molecule has 10 heteroatoms. The van der Waals surface area contributed by atoms with Crippen molar-refractivity contribution in [2.24, 2.45) is 5.92 Å². The fourth-order valence-corrected chi connectivity index (χ4v) is 5.76. The van der Waals surface area contributed by atoms with Gasteiger partial charge in [0, 0.05) is 10.9 Å². The van der Waals surface area contributed by atoms with Crippen molar-refractivity contribution in [1.82, 2.24) is 10.3 Å². The smallest absolute Gasteiger partial charge is 0.428 e. The van der Waals surface area contributed by atoms with Crippen LogP contribution in [0.2, 0.25) is 0 Å². The zero-order valence-electron chi connectivity index (χ0n) is 22.3. The molecule has 0 saturated carbocycles. The van der Waals surface area contributed by atoms with Crippen molar-refractivity contribution in [1.29, 1.82) is 0 Å². The number of hydrogen-bond donors (Lipinski definition) is 2. The average molecular weight is 597 g/mol. The van der Waals surface area contributed by atoms with E-state index >= 15 is 0 Å². The minimum absolute atomic E-state index is 0.0149. The van der Waals surface area contributed by atoms with Crippen LogP contribution in [0, 0.1) is 5.92 Å². The van der Waals surface area contributed by atoms with E-state index in [9.17, 15) is 27.5 Å². The summed E-state index contributed by atoms with van der Waals surface area (Å²) >= 11 is 1.34. The van der Waals surface area contributed by atoms with Crippen molar-refractivity contribution in [2.45, 2.75) is 43.9 Å². The van der Waals surface area contributed by atoms with Gasteiger partial charge in [-0.3, -0.25) is 4.79 Å². The summed E-state index contributed by atoms with van der Waals surface area (Å²) < 4.78 is 56.8. The Morgan fingerprint density at radius 2 is 1.93 bits per heavy atom. The molecule has 1 aromatic heterocycles. The highest BCUT2D eigenvalue weighted by Crippen LogP contribution is 2.32. The van der Waals surface area contributed by atoms with Gasteiger partial charge >= 0.3 is 12.5 Å². The van der Waals surface area contributed by atoms with Gasteiger partial charge in [0.15, 0.2) is 0 Å². The first-order valence-corrected chi connectivity index (χ1v) is 14.3. The van der Waals surface area contributed by atoms with Crippen LogP contribution in [-0.4, -0.2) is 34.6 Å². The van der Waals surface area contributed by atoms with Crippen molar-refractivity contribution in [3.63, 3.8) is 0 Å². The molecule has 0 saturated heterocycles. The van der Waals surface area contributed by atoms with Gasteiger partial charge in [-0.2, -0.15) is 17.6 Å². The number of halogens is 4. The molecule has 2 N–H and O–H groups in total. The van der Waals surface area contributed by atoms with Crippen molar-refractivity contribution < 1.29 is 32.2 Å². The number of carbonyl (C=O) groups excluding carboxylic acids is 1. The van der Waals surface area contributed by atoms with Crippen molar-refractivity contribution in [3.05, 3.63) is 119 Å². The summed E-state index contributed by atoms with van der Waals surface area (Å²) in [4.78, 5) is 18.3. The van der Waals surface area contributed by atoms with Gasteiger partial charge in [0.25, 0.3) is 0 Å². The van der Waals surface area contributed by atoms with Gasteiger partial charge in [-0.25, -0.2) is 4.98 Å². The lowest BCUT2D eigenvalue weighted by atomic mass is 9.87. The molecule has 3 unspecified atom stereocenters. The Morgan fingerprint density at radius 1 is 1.12 bits per heavy atom. The summed E-state index contributed by atoms with van der Waals surface area (Å²) in [6, 6.07) is 13.8. The highest BCUT2D eigenvalue weighted by atomic mass is 32.1.